The molecule has 6 nitrogen and oxygen atoms in total. The van der Waals surface area contributed by atoms with Crippen LogP contribution < -0.4 is 5.32 Å². The molecule has 0 atom stereocenters. The van der Waals surface area contributed by atoms with Gasteiger partial charge in [-0.25, -0.2) is 14.8 Å². The molecule has 0 aliphatic carbocycles. The Hall–Kier alpha value is -2.89. The van der Waals surface area contributed by atoms with Crippen molar-refractivity contribution in [1.82, 2.24) is 14.5 Å². The van der Waals surface area contributed by atoms with E-state index in [1.807, 2.05) is 28.8 Å². The Morgan fingerprint density at radius 1 is 1.26 bits per heavy atom. The number of anilines is 1. The smallest absolute Gasteiger partial charge is 0.409 e. The van der Waals surface area contributed by atoms with E-state index in [2.05, 4.69) is 15.3 Å². The largest absolute Gasteiger partial charge is 0.465 e. The van der Waals surface area contributed by atoms with Gasteiger partial charge in [-0.05, 0) is 12.1 Å². The second-order valence-electron chi connectivity index (χ2n) is 3.93. The molecular formula is C13H10N4O2. The minimum atomic E-state index is -1.09. The van der Waals surface area contributed by atoms with Crippen LogP contribution in [0.25, 0.3) is 16.7 Å². The molecule has 0 bridgehead atoms. The average molecular weight is 254 g/mol. The van der Waals surface area contributed by atoms with Crippen LogP contribution in [0.5, 0.6) is 0 Å². The van der Waals surface area contributed by atoms with Crippen molar-refractivity contribution in [3.8, 4) is 5.82 Å². The molecule has 0 aliphatic heterocycles. The Labute approximate surface area is 108 Å². The normalized spacial score (nSPS) is 10.5. The highest BCUT2D eigenvalue weighted by atomic mass is 16.4. The van der Waals surface area contributed by atoms with Crippen molar-refractivity contribution in [3.63, 3.8) is 0 Å². The molecule has 2 aromatic heterocycles. The number of amides is 1. The van der Waals surface area contributed by atoms with Crippen molar-refractivity contribution in [2.75, 3.05) is 5.32 Å². The van der Waals surface area contributed by atoms with Gasteiger partial charge in [0, 0.05) is 17.8 Å². The van der Waals surface area contributed by atoms with Crippen LogP contribution >= 0.6 is 0 Å². The second kappa shape index (κ2) is 4.41. The Bertz CT molecular complexity index is 737. The van der Waals surface area contributed by atoms with Gasteiger partial charge in [0.05, 0.1) is 11.2 Å². The van der Waals surface area contributed by atoms with Crippen LogP contribution in [0.1, 0.15) is 0 Å². The van der Waals surface area contributed by atoms with E-state index in [4.69, 9.17) is 5.11 Å². The lowest BCUT2D eigenvalue weighted by Gasteiger charge is -2.02. The number of fused-ring (bicyclic) bond motifs is 1. The van der Waals surface area contributed by atoms with Crippen molar-refractivity contribution >= 4 is 22.7 Å². The summed E-state index contributed by atoms with van der Waals surface area (Å²) in [5.74, 6) is 0.685. The van der Waals surface area contributed by atoms with Gasteiger partial charge in [-0.3, -0.25) is 9.88 Å². The van der Waals surface area contributed by atoms with E-state index in [0.717, 1.165) is 10.9 Å². The molecule has 1 amide bonds. The van der Waals surface area contributed by atoms with Crippen LogP contribution in [0.15, 0.2) is 49.1 Å². The summed E-state index contributed by atoms with van der Waals surface area (Å²) in [7, 11) is 0. The molecule has 2 N–H and O–H groups in total. The van der Waals surface area contributed by atoms with Gasteiger partial charge >= 0.3 is 6.09 Å². The third-order valence-electron chi connectivity index (χ3n) is 2.77. The zero-order valence-corrected chi connectivity index (χ0v) is 9.82. The number of nitrogens with zero attached hydrogens (tertiary/aromatic N) is 3. The van der Waals surface area contributed by atoms with E-state index in [-0.39, 0.29) is 0 Å². The number of nitrogens with one attached hydrogen (secondary N) is 1. The number of rotatable bonds is 2. The Kier molecular flexibility index (Phi) is 2.60. The fraction of sp³-hybridized carbons (Fsp3) is 0. The summed E-state index contributed by atoms with van der Waals surface area (Å²) in [4.78, 5) is 18.9. The predicted octanol–water partition coefficient (Wildman–Crippen LogP) is 2.51. The van der Waals surface area contributed by atoms with Crippen LogP contribution in [-0.2, 0) is 0 Å². The van der Waals surface area contributed by atoms with Crippen LogP contribution in [0.4, 0.5) is 10.5 Å². The summed E-state index contributed by atoms with van der Waals surface area (Å²) < 4.78 is 1.82. The molecule has 1 aromatic carbocycles. The van der Waals surface area contributed by atoms with Crippen molar-refractivity contribution in [3.05, 3.63) is 49.1 Å². The van der Waals surface area contributed by atoms with Crippen molar-refractivity contribution in [2.24, 2.45) is 0 Å². The molecule has 0 aliphatic rings. The Morgan fingerprint density at radius 3 is 2.84 bits per heavy atom. The molecule has 0 fully saturated rings. The van der Waals surface area contributed by atoms with Crippen LogP contribution in [-0.4, -0.2) is 25.7 Å². The molecule has 0 unspecified atom stereocenters. The summed E-state index contributed by atoms with van der Waals surface area (Å²) >= 11 is 0. The van der Waals surface area contributed by atoms with Gasteiger partial charge in [0.25, 0.3) is 0 Å². The van der Waals surface area contributed by atoms with Gasteiger partial charge in [-0.1, -0.05) is 18.2 Å². The molecule has 3 rings (SSSR count). The first-order valence-electron chi connectivity index (χ1n) is 5.62. The summed E-state index contributed by atoms with van der Waals surface area (Å²) in [5.41, 5.74) is 1.41. The first-order chi connectivity index (χ1) is 9.25. The molecule has 0 radical (unpaired) electrons. The van der Waals surface area contributed by atoms with Gasteiger partial charge in [0.2, 0.25) is 0 Å². The van der Waals surface area contributed by atoms with Crippen molar-refractivity contribution < 1.29 is 9.90 Å². The van der Waals surface area contributed by atoms with E-state index < -0.39 is 6.09 Å². The number of carbonyl (C=O) groups is 1. The molecule has 0 spiro atoms. The van der Waals surface area contributed by atoms with E-state index in [0.29, 0.717) is 11.5 Å². The van der Waals surface area contributed by atoms with Gasteiger partial charge < -0.3 is 5.11 Å². The maximum absolute atomic E-state index is 10.8. The van der Waals surface area contributed by atoms with Crippen LogP contribution in [0.3, 0.4) is 0 Å². The highest BCUT2D eigenvalue weighted by molar-refractivity contribution is 6.00. The number of aromatic nitrogens is 3. The molecule has 94 valence electrons. The van der Waals surface area contributed by atoms with E-state index in [9.17, 15) is 4.79 Å². The van der Waals surface area contributed by atoms with Gasteiger partial charge in [0.15, 0.2) is 0 Å². The summed E-state index contributed by atoms with van der Waals surface area (Å²) in [6.45, 7) is 0. The second-order valence-corrected chi connectivity index (χ2v) is 3.93. The molecule has 6 heteroatoms. The number of hydrogen-bond acceptors (Lipinski definition) is 3. The highest BCUT2D eigenvalue weighted by Crippen LogP contribution is 2.27. The Balaban J connectivity index is 2.23. The number of para-hydroxylation sites is 1. The fourth-order valence-electron chi connectivity index (χ4n) is 2.01. The van der Waals surface area contributed by atoms with Gasteiger partial charge in [-0.15, -0.1) is 0 Å². The number of carboxylic acid groups (broad SMARTS) is 1. The summed E-state index contributed by atoms with van der Waals surface area (Å²) in [6, 6.07) is 9.28. The number of hydrogen-bond donors (Lipinski definition) is 2. The van der Waals surface area contributed by atoms with Gasteiger partial charge in [-0.2, -0.15) is 0 Å². The highest BCUT2D eigenvalue weighted by Gasteiger charge is 2.11. The predicted molar refractivity (Wildman–Crippen MR) is 70.5 cm³/mol. The third kappa shape index (κ3) is 1.99. The molecule has 2 heterocycles. The molecule has 19 heavy (non-hydrogen) atoms. The lowest BCUT2D eigenvalue weighted by atomic mass is 10.2. The summed E-state index contributed by atoms with van der Waals surface area (Å²) in [6.07, 6.45) is 3.71. The zero-order chi connectivity index (χ0) is 13.2. The molecule has 3 aromatic rings. The van der Waals surface area contributed by atoms with E-state index >= 15 is 0 Å². The van der Waals surface area contributed by atoms with Crippen LogP contribution in [0, 0.1) is 0 Å². The maximum Gasteiger partial charge on any atom is 0.409 e. The monoisotopic (exact) mass is 254 g/mol. The molecular weight excluding hydrogens is 244 g/mol. The summed E-state index contributed by atoms with van der Waals surface area (Å²) in [5, 5.41) is 12.1. The Morgan fingerprint density at radius 2 is 2.11 bits per heavy atom. The standard InChI is InChI=1S/C13H10N4O2/c18-13(19)16-10-7-17(12-5-6-14-8-15-12)11-4-2-1-3-9(10)11/h1-8,16H,(H,18,19). The zero-order valence-electron chi connectivity index (χ0n) is 9.82. The van der Waals surface area contributed by atoms with Gasteiger partial charge in [0.1, 0.15) is 12.1 Å². The minimum absolute atomic E-state index is 0.529. The maximum atomic E-state index is 10.8. The number of benzene rings is 1. The average Bonchev–Trinajstić information content (AvgIpc) is 2.78. The van der Waals surface area contributed by atoms with Crippen LogP contribution in [0.2, 0.25) is 0 Å². The third-order valence-corrected chi connectivity index (χ3v) is 2.77. The molecule has 0 saturated carbocycles. The topological polar surface area (TPSA) is 80.0 Å². The molecule has 0 saturated heterocycles. The van der Waals surface area contributed by atoms with Crippen molar-refractivity contribution in [1.29, 1.82) is 0 Å². The van der Waals surface area contributed by atoms with Crippen molar-refractivity contribution in [2.45, 2.75) is 0 Å². The quantitative estimate of drug-likeness (QED) is 0.736. The first-order valence-corrected chi connectivity index (χ1v) is 5.62. The lowest BCUT2D eigenvalue weighted by molar-refractivity contribution is 0.210. The van der Waals surface area contributed by atoms with E-state index in [1.54, 1.807) is 18.5 Å². The first kappa shape index (κ1) is 11.2. The SMILES string of the molecule is O=C(O)Nc1cn(-c2ccncn2)c2ccccc12. The van der Waals surface area contributed by atoms with E-state index in [1.165, 1.54) is 6.33 Å². The lowest BCUT2D eigenvalue weighted by Crippen LogP contribution is -2.06. The fourth-order valence-corrected chi connectivity index (χ4v) is 2.01. The minimum Gasteiger partial charge on any atom is -0.465 e.